The normalized spacial score (nSPS) is 14.6. The third kappa shape index (κ3) is 4.82. The Hall–Kier alpha value is -2.34. The number of nitrogens with one attached hydrogen (secondary N) is 3. The van der Waals surface area contributed by atoms with Gasteiger partial charge in [-0.25, -0.2) is 4.79 Å². The van der Waals surface area contributed by atoms with Crippen LogP contribution in [0.3, 0.4) is 0 Å². The lowest BCUT2D eigenvalue weighted by atomic mass is 10.1. The lowest BCUT2D eigenvalue weighted by Gasteiger charge is -2.15. The fraction of sp³-hybridized carbons (Fsp3) is 0.368. The smallest absolute Gasteiger partial charge is 0.315 e. The summed E-state index contributed by atoms with van der Waals surface area (Å²) in [6, 6.07) is 9.35. The SMILES string of the molecule is Cc1ccsc1CNC(=O)NC(C)c1ccc(NC(=O)C2CC2)cc1. The number of benzene rings is 1. The lowest BCUT2D eigenvalue weighted by molar-refractivity contribution is -0.117. The molecule has 0 aliphatic heterocycles. The van der Waals surface area contributed by atoms with Crippen molar-refractivity contribution >= 4 is 29.0 Å². The van der Waals surface area contributed by atoms with Gasteiger partial charge >= 0.3 is 6.03 Å². The van der Waals surface area contributed by atoms with E-state index in [4.69, 9.17) is 0 Å². The van der Waals surface area contributed by atoms with E-state index in [2.05, 4.69) is 16.0 Å². The van der Waals surface area contributed by atoms with Crippen LogP contribution >= 0.6 is 11.3 Å². The summed E-state index contributed by atoms with van der Waals surface area (Å²) in [5, 5.41) is 10.8. The first-order valence-corrected chi connectivity index (χ1v) is 9.39. The summed E-state index contributed by atoms with van der Waals surface area (Å²) in [6.45, 7) is 4.51. The topological polar surface area (TPSA) is 70.2 Å². The second-order valence-electron chi connectivity index (χ2n) is 6.46. The summed E-state index contributed by atoms with van der Waals surface area (Å²) in [5.41, 5.74) is 2.99. The Morgan fingerprint density at radius 1 is 1.20 bits per heavy atom. The standard InChI is InChI=1S/C19H23N3O2S/c1-12-9-10-25-17(12)11-20-19(24)21-13(2)14-5-7-16(8-6-14)22-18(23)15-3-4-15/h5-10,13,15H,3-4,11H2,1-2H3,(H,22,23)(H2,20,21,24). The van der Waals surface area contributed by atoms with Crippen LogP contribution in [0.5, 0.6) is 0 Å². The van der Waals surface area contributed by atoms with E-state index in [0.29, 0.717) is 6.54 Å². The molecule has 25 heavy (non-hydrogen) atoms. The van der Waals surface area contributed by atoms with Crippen molar-refractivity contribution < 1.29 is 9.59 Å². The number of anilines is 1. The molecule has 3 N–H and O–H groups in total. The van der Waals surface area contributed by atoms with Crippen LogP contribution in [0.25, 0.3) is 0 Å². The molecule has 1 aliphatic rings. The molecule has 5 nitrogen and oxygen atoms in total. The van der Waals surface area contributed by atoms with Crippen molar-refractivity contribution in [3.63, 3.8) is 0 Å². The Labute approximate surface area is 151 Å². The predicted molar refractivity (Wildman–Crippen MR) is 101 cm³/mol. The second-order valence-corrected chi connectivity index (χ2v) is 7.46. The number of urea groups is 1. The molecule has 0 bridgehead atoms. The van der Waals surface area contributed by atoms with Gasteiger partial charge in [-0.2, -0.15) is 0 Å². The summed E-state index contributed by atoms with van der Waals surface area (Å²) in [6.07, 6.45) is 1.98. The first-order valence-electron chi connectivity index (χ1n) is 8.51. The van der Waals surface area contributed by atoms with Crippen molar-refractivity contribution in [2.24, 2.45) is 5.92 Å². The number of rotatable bonds is 6. The molecule has 1 saturated carbocycles. The van der Waals surface area contributed by atoms with E-state index >= 15 is 0 Å². The summed E-state index contributed by atoms with van der Waals surface area (Å²) >= 11 is 1.64. The van der Waals surface area contributed by atoms with Crippen LogP contribution in [0.2, 0.25) is 0 Å². The highest BCUT2D eigenvalue weighted by molar-refractivity contribution is 7.10. The van der Waals surface area contributed by atoms with E-state index in [1.807, 2.05) is 49.6 Å². The quantitative estimate of drug-likeness (QED) is 0.732. The maximum Gasteiger partial charge on any atom is 0.315 e. The highest BCUT2D eigenvalue weighted by Gasteiger charge is 2.29. The number of hydrogen-bond donors (Lipinski definition) is 3. The molecule has 0 radical (unpaired) electrons. The van der Waals surface area contributed by atoms with Gasteiger partial charge in [0.1, 0.15) is 0 Å². The van der Waals surface area contributed by atoms with Crippen LogP contribution < -0.4 is 16.0 Å². The van der Waals surface area contributed by atoms with Crippen LogP contribution in [0.4, 0.5) is 10.5 Å². The largest absolute Gasteiger partial charge is 0.333 e. The number of carbonyl (C=O) groups is 2. The molecule has 1 fully saturated rings. The van der Waals surface area contributed by atoms with Crippen molar-refractivity contribution in [2.75, 3.05) is 5.32 Å². The Balaban J connectivity index is 1.48. The van der Waals surface area contributed by atoms with E-state index < -0.39 is 0 Å². The van der Waals surface area contributed by atoms with E-state index in [9.17, 15) is 9.59 Å². The number of thiophene rings is 1. The van der Waals surface area contributed by atoms with E-state index in [0.717, 1.165) is 24.1 Å². The van der Waals surface area contributed by atoms with Crippen LogP contribution in [0.1, 0.15) is 41.8 Å². The number of aryl methyl sites for hydroxylation is 1. The van der Waals surface area contributed by atoms with Gasteiger partial charge in [0.25, 0.3) is 0 Å². The lowest BCUT2D eigenvalue weighted by Crippen LogP contribution is -2.36. The van der Waals surface area contributed by atoms with Crippen molar-refractivity contribution in [3.8, 4) is 0 Å². The molecule has 3 rings (SSSR count). The molecular weight excluding hydrogens is 334 g/mol. The molecule has 6 heteroatoms. The Bertz CT molecular complexity index is 750. The molecule has 1 heterocycles. The Morgan fingerprint density at radius 3 is 2.52 bits per heavy atom. The molecule has 0 spiro atoms. The maximum atomic E-state index is 12.1. The van der Waals surface area contributed by atoms with Crippen LogP contribution in [0.15, 0.2) is 35.7 Å². The Morgan fingerprint density at radius 2 is 1.92 bits per heavy atom. The van der Waals surface area contributed by atoms with Crippen LogP contribution in [-0.2, 0) is 11.3 Å². The highest BCUT2D eigenvalue weighted by Crippen LogP contribution is 2.30. The zero-order valence-corrected chi connectivity index (χ0v) is 15.3. The highest BCUT2D eigenvalue weighted by atomic mass is 32.1. The molecule has 1 aromatic carbocycles. The van der Waals surface area contributed by atoms with Crippen molar-refractivity contribution in [1.29, 1.82) is 0 Å². The molecule has 3 amide bonds. The molecular formula is C19H23N3O2S. The first-order chi connectivity index (χ1) is 12.0. The minimum Gasteiger partial charge on any atom is -0.333 e. The minimum atomic E-state index is -0.189. The number of hydrogen-bond acceptors (Lipinski definition) is 3. The zero-order chi connectivity index (χ0) is 17.8. The molecule has 132 valence electrons. The van der Waals surface area contributed by atoms with Crippen LogP contribution in [0, 0.1) is 12.8 Å². The van der Waals surface area contributed by atoms with Gasteiger partial charge in [-0.15, -0.1) is 11.3 Å². The molecule has 1 aromatic heterocycles. The van der Waals surface area contributed by atoms with Crippen molar-refractivity contribution in [3.05, 3.63) is 51.7 Å². The van der Waals surface area contributed by atoms with Gasteiger partial charge < -0.3 is 16.0 Å². The third-order valence-electron chi connectivity index (χ3n) is 4.35. The molecule has 2 aromatic rings. The van der Waals surface area contributed by atoms with Gasteiger partial charge in [-0.05, 0) is 61.4 Å². The van der Waals surface area contributed by atoms with Crippen LogP contribution in [-0.4, -0.2) is 11.9 Å². The average molecular weight is 357 g/mol. The van der Waals surface area contributed by atoms with Gasteiger partial charge in [-0.1, -0.05) is 12.1 Å². The molecule has 0 saturated heterocycles. The van der Waals surface area contributed by atoms with Crippen molar-refractivity contribution in [2.45, 2.75) is 39.3 Å². The fourth-order valence-corrected chi connectivity index (χ4v) is 3.37. The summed E-state index contributed by atoms with van der Waals surface area (Å²) in [5.74, 6) is 0.290. The van der Waals surface area contributed by atoms with Gasteiger partial charge in [0.05, 0.1) is 12.6 Å². The van der Waals surface area contributed by atoms with Gasteiger partial charge in [0, 0.05) is 16.5 Å². The maximum absolute atomic E-state index is 12.1. The monoisotopic (exact) mass is 357 g/mol. The second kappa shape index (κ2) is 7.70. The Kier molecular flexibility index (Phi) is 5.38. The molecule has 1 atom stereocenters. The van der Waals surface area contributed by atoms with Gasteiger partial charge in [-0.3, -0.25) is 4.79 Å². The summed E-state index contributed by atoms with van der Waals surface area (Å²) in [4.78, 5) is 25.0. The molecule has 1 unspecified atom stereocenters. The van der Waals surface area contributed by atoms with Gasteiger partial charge in [0.15, 0.2) is 0 Å². The minimum absolute atomic E-state index is 0.0992. The number of carbonyl (C=O) groups excluding carboxylic acids is 2. The number of amides is 3. The predicted octanol–water partition coefficient (Wildman–Crippen LogP) is 3.97. The van der Waals surface area contributed by atoms with Crippen molar-refractivity contribution in [1.82, 2.24) is 10.6 Å². The van der Waals surface area contributed by atoms with Gasteiger partial charge in [0.2, 0.25) is 5.91 Å². The summed E-state index contributed by atoms with van der Waals surface area (Å²) < 4.78 is 0. The summed E-state index contributed by atoms with van der Waals surface area (Å²) in [7, 11) is 0. The first kappa shape index (κ1) is 17.5. The van der Waals surface area contributed by atoms with E-state index in [-0.39, 0.29) is 23.9 Å². The molecule has 1 aliphatic carbocycles. The average Bonchev–Trinajstić information content (AvgIpc) is 3.36. The third-order valence-corrected chi connectivity index (χ3v) is 5.37. The fourth-order valence-electron chi connectivity index (χ4n) is 2.52. The van der Waals surface area contributed by atoms with E-state index in [1.54, 1.807) is 11.3 Å². The van der Waals surface area contributed by atoms with E-state index in [1.165, 1.54) is 10.4 Å². The zero-order valence-electron chi connectivity index (χ0n) is 14.5.